The molecule has 0 aromatic carbocycles. The number of hydrogen-bond donors (Lipinski definition) is 2. The highest BCUT2D eigenvalue weighted by atomic mass is 32.2. The summed E-state index contributed by atoms with van der Waals surface area (Å²) in [4.78, 5) is 15.3. The smallest absolute Gasteiger partial charge is 0.262 e. The van der Waals surface area contributed by atoms with E-state index in [1.165, 1.54) is 25.0 Å². The van der Waals surface area contributed by atoms with Gasteiger partial charge in [0.25, 0.3) is 10.0 Å². The van der Waals surface area contributed by atoms with Crippen LogP contribution in [0, 0.1) is 0 Å². The Balaban J connectivity index is 2.87. The lowest BCUT2D eigenvalue weighted by Gasteiger charge is -2.17. The number of anilines is 1. The molecule has 0 aliphatic rings. The van der Waals surface area contributed by atoms with Crippen molar-refractivity contribution in [1.82, 2.24) is 19.2 Å². The van der Waals surface area contributed by atoms with Gasteiger partial charge in [-0.1, -0.05) is 6.92 Å². The number of carbonyl (C=O) groups is 1. The summed E-state index contributed by atoms with van der Waals surface area (Å²) in [5.74, 6) is -0.433. The summed E-state index contributed by atoms with van der Waals surface area (Å²) < 4.78 is 26.8. The second-order valence-corrected chi connectivity index (χ2v) is 6.12. The molecule has 1 aromatic rings. The molecule has 0 fully saturated rings. The average Bonchev–Trinajstić information content (AvgIpc) is 2.66. The summed E-state index contributed by atoms with van der Waals surface area (Å²) in [6.45, 7) is 2.17. The Labute approximate surface area is 112 Å². The minimum atomic E-state index is -3.83. The topological polar surface area (TPSA) is 110 Å². The predicted molar refractivity (Wildman–Crippen MR) is 70.7 cm³/mol. The highest BCUT2D eigenvalue weighted by molar-refractivity contribution is 7.89. The number of imidazole rings is 1. The summed E-state index contributed by atoms with van der Waals surface area (Å²) in [5.41, 5.74) is 5.54. The molecular weight excluding hydrogens is 270 g/mol. The van der Waals surface area contributed by atoms with Crippen molar-refractivity contribution in [2.45, 2.75) is 18.4 Å². The predicted octanol–water partition coefficient (Wildman–Crippen LogP) is -0.851. The quantitative estimate of drug-likeness (QED) is 0.708. The maximum absolute atomic E-state index is 12.2. The summed E-state index contributed by atoms with van der Waals surface area (Å²) in [6, 6.07) is 0. The van der Waals surface area contributed by atoms with Gasteiger partial charge in [0.05, 0.1) is 12.9 Å². The Kier molecular flexibility index (Phi) is 4.90. The molecule has 8 nitrogen and oxygen atoms in total. The van der Waals surface area contributed by atoms with Gasteiger partial charge in [0.2, 0.25) is 5.91 Å². The highest BCUT2D eigenvalue weighted by Gasteiger charge is 2.28. The fourth-order valence-electron chi connectivity index (χ4n) is 1.51. The van der Waals surface area contributed by atoms with Crippen molar-refractivity contribution in [3.05, 3.63) is 6.33 Å². The lowest BCUT2D eigenvalue weighted by Crippen LogP contribution is -2.39. The fraction of sp³-hybridized carbons (Fsp3) is 0.600. The number of aromatic nitrogens is 2. The van der Waals surface area contributed by atoms with Crippen molar-refractivity contribution in [1.29, 1.82) is 0 Å². The Hall–Kier alpha value is -1.61. The number of amides is 1. The molecule has 0 aliphatic carbocycles. The molecule has 0 radical (unpaired) electrons. The van der Waals surface area contributed by atoms with Crippen LogP contribution in [0.5, 0.6) is 0 Å². The first-order valence-corrected chi connectivity index (χ1v) is 7.24. The molecule has 0 aliphatic heterocycles. The van der Waals surface area contributed by atoms with Gasteiger partial charge in [-0.25, -0.2) is 13.4 Å². The largest absolute Gasteiger partial charge is 0.381 e. The van der Waals surface area contributed by atoms with Crippen LogP contribution in [-0.4, -0.2) is 48.3 Å². The van der Waals surface area contributed by atoms with Crippen LogP contribution in [0.15, 0.2) is 11.4 Å². The van der Waals surface area contributed by atoms with Crippen molar-refractivity contribution in [2.24, 2.45) is 7.05 Å². The van der Waals surface area contributed by atoms with E-state index < -0.39 is 10.0 Å². The maximum Gasteiger partial charge on any atom is 0.262 e. The second kappa shape index (κ2) is 6.02. The van der Waals surface area contributed by atoms with E-state index in [0.29, 0.717) is 6.54 Å². The van der Waals surface area contributed by atoms with Crippen molar-refractivity contribution < 1.29 is 13.2 Å². The summed E-state index contributed by atoms with van der Waals surface area (Å²) in [5, 5.41) is 2.50. The van der Waals surface area contributed by atoms with Crippen LogP contribution in [-0.2, 0) is 21.9 Å². The zero-order valence-corrected chi connectivity index (χ0v) is 12.1. The molecule has 1 rings (SSSR count). The molecule has 0 bridgehead atoms. The molecule has 1 amide bonds. The first kappa shape index (κ1) is 15.4. The first-order chi connectivity index (χ1) is 8.80. The lowest BCUT2D eigenvalue weighted by atomic mass is 10.4. The van der Waals surface area contributed by atoms with Crippen LogP contribution in [0.25, 0.3) is 0 Å². The number of rotatable bonds is 6. The van der Waals surface area contributed by atoms with Gasteiger partial charge < -0.3 is 15.6 Å². The van der Waals surface area contributed by atoms with E-state index in [-0.39, 0.29) is 23.3 Å². The molecule has 1 heterocycles. The number of nitrogen functional groups attached to an aromatic ring is 1. The number of sulfonamides is 1. The third kappa shape index (κ3) is 3.44. The molecule has 3 N–H and O–H groups in total. The molecule has 0 saturated carbocycles. The Morgan fingerprint density at radius 2 is 2.21 bits per heavy atom. The third-order valence-electron chi connectivity index (χ3n) is 2.50. The molecule has 19 heavy (non-hydrogen) atoms. The van der Waals surface area contributed by atoms with E-state index in [9.17, 15) is 13.2 Å². The van der Waals surface area contributed by atoms with Gasteiger partial charge in [0, 0.05) is 20.6 Å². The minimum absolute atomic E-state index is 0.0803. The van der Waals surface area contributed by atoms with Crippen molar-refractivity contribution in [3.63, 3.8) is 0 Å². The van der Waals surface area contributed by atoms with Crippen molar-refractivity contribution >= 4 is 21.7 Å². The van der Waals surface area contributed by atoms with E-state index in [2.05, 4.69) is 10.3 Å². The van der Waals surface area contributed by atoms with Gasteiger partial charge in [-0.05, 0) is 6.42 Å². The fourth-order valence-corrected chi connectivity index (χ4v) is 2.82. The van der Waals surface area contributed by atoms with E-state index >= 15 is 0 Å². The number of aryl methyl sites for hydroxylation is 1. The molecular formula is C10H19N5O3S. The molecule has 108 valence electrons. The molecule has 1 aromatic heterocycles. The Morgan fingerprint density at radius 1 is 1.58 bits per heavy atom. The number of nitrogens with two attached hydrogens (primary N) is 1. The summed E-state index contributed by atoms with van der Waals surface area (Å²) >= 11 is 0. The average molecular weight is 289 g/mol. The number of nitrogens with one attached hydrogen (secondary N) is 1. The third-order valence-corrected chi connectivity index (χ3v) is 4.44. The molecule has 0 saturated heterocycles. The van der Waals surface area contributed by atoms with Gasteiger partial charge in [0.1, 0.15) is 0 Å². The number of carbonyl (C=O) groups excluding carboxylic acids is 1. The van der Waals surface area contributed by atoms with E-state index in [1.807, 2.05) is 6.92 Å². The van der Waals surface area contributed by atoms with E-state index in [4.69, 9.17) is 5.73 Å². The SMILES string of the molecule is CCCNC(=O)CN(C)S(=O)(=O)c1c(N)ncn1C. The number of hydrogen-bond acceptors (Lipinski definition) is 5. The molecule has 0 atom stereocenters. The van der Waals surface area contributed by atoms with Crippen LogP contribution in [0.4, 0.5) is 5.82 Å². The van der Waals surface area contributed by atoms with Gasteiger partial charge in [-0.2, -0.15) is 4.31 Å². The Bertz CT molecular complexity index is 532. The summed E-state index contributed by atoms with van der Waals surface area (Å²) in [7, 11) is -0.973. The van der Waals surface area contributed by atoms with E-state index in [0.717, 1.165) is 10.7 Å². The van der Waals surface area contributed by atoms with Gasteiger partial charge in [0.15, 0.2) is 10.8 Å². The first-order valence-electron chi connectivity index (χ1n) is 5.80. The summed E-state index contributed by atoms with van der Waals surface area (Å²) in [6.07, 6.45) is 2.10. The van der Waals surface area contributed by atoms with Crippen LogP contribution in [0.3, 0.4) is 0 Å². The van der Waals surface area contributed by atoms with E-state index in [1.54, 1.807) is 0 Å². The second-order valence-electron chi connectivity index (χ2n) is 4.16. The number of likely N-dealkylation sites (N-methyl/N-ethyl adjacent to an activating group) is 1. The van der Waals surface area contributed by atoms with Crippen LogP contribution >= 0.6 is 0 Å². The van der Waals surface area contributed by atoms with Gasteiger partial charge in [-0.3, -0.25) is 4.79 Å². The van der Waals surface area contributed by atoms with Crippen molar-refractivity contribution in [3.8, 4) is 0 Å². The number of nitrogens with zero attached hydrogens (tertiary/aromatic N) is 3. The lowest BCUT2D eigenvalue weighted by molar-refractivity contribution is -0.121. The zero-order chi connectivity index (χ0) is 14.6. The maximum atomic E-state index is 12.2. The molecule has 0 spiro atoms. The normalized spacial score (nSPS) is 11.8. The van der Waals surface area contributed by atoms with Crippen LogP contribution in [0.2, 0.25) is 0 Å². The van der Waals surface area contributed by atoms with Gasteiger partial charge in [-0.15, -0.1) is 0 Å². The molecule has 0 unspecified atom stereocenters. The van der Waals surface area contributed by atoms with Gasteiger partial charge >= 0.3 is 0 Å². The monoisotopic (exact) mass is 289 g/mol. The zero-order valence-electron chi connectivity index (χ0n) is 11.3. The Morgan fingerprint density at radius 3 is 2.68 bits per heavy atom. The van der Waals surface area contributed by atoms with Crippen molar-refractivity contribution in [2.75, 3.05) is 25.9 Å². The minimum Gasteiger partial charge on any atom is -0.381 e. The standard InChI is InChI=1S/C10H19N5O3S/c1-4-5-12-8(16)6-15(3)19(17,18)10-9(11)13-7-14(10)2/h7H,4-6,11H2,1-3H3,(H,12,16). The highest BCUT2D eigenvalue weighted by Crippen LogP contribution is 2.19. The van der Waals surface area contributed by atoms with Crippen LogP contribution in [0.1, 0.15) is 13.3 Å². The van der Waals surface area contributed by atoms with Crippen LogP contribution < -0.4 is 11.1 Å². The molecule has 9 heteroatoms.